The first-order valence-corrected chi connectivity index (χ1v) is 10.3. The summed E-state index contributed by atoms with van der Waals surface area (Å²) in [6.07, 6.45) is 2.12. The largest absolute Gasteiger partial charge is 0.323 e. The molecule has 0 saturated heterocycles. The molecule has 5 rings (SSSR count). The molecule has 2 aliphatic heterocycles. The fourth-order valence-corrected chi connectivity index (χ4v) is 3.72. The zero-order chi connectivity index (χ0) is 22.3. The molecule has 162 valence electrons. The van der Waals surface area contributed by atoms with Gasteiger partial charge in [0.05, 0.1) is 11.3 Å². The van der Waals surface area contributed by atoms with Gasteiger partial charge in [-0.2, -0.15) is 5.10 Å². The van der Waals surface area contributed by atoms with Crippen LogP contribution in [0, 0.1) is 12.7 Å². The average Bonchev–Trinajstić information content (AvgIpc) is 3.36. The highest BCUT2D eigenvalue weighted by molar-refractivity contribution is 6.32. The van der Waals surface area contributed by atoms with E-state index >= 15 is 0 Å². The highest BCUT2D eigenvalue weighted by Crippen LogP contribution is 2.29. The SMILES string of the molecule is Cc1cc(NC2=NC(N)(Cc3ccc(Cl)cc3)N=C3C2=CNN3c2ccc(F)cc2)n[nH]1. The second-order valence-electron chi connectivity index (χ2n) is 7.64. The van der Waals surface area contributed by atoms with Crippen molar-refractivity contribution in [2.45, 2.75) is 19.1 Å². The Labute approximate surface area is 188 Å². The van der Waals surface area contributed by atoms with Gasteiger partial charge < -0.3 is 5.32 Å². The average molecular weight is 451 g/mol. The first kappa shape index (κ1) is 20.2. The van der Waals surface area contributed by atoms with E-state index in [2.05, 4.69) is 20.9 Å². The molecule has 10 heteroatoms. The highest BCUT2D eigenvalue weighted by atomic mass is 35.5. The van der Waals surface area contributed by atoms with Gasteiger partial charge in [0.15, 0.2) is 11.7 Å². The van der Waals surface area contributed by atoms with Gasteiger partial charge in [0, 0.05) is 29.4 Å². The molecule has 0 amide bonds. The quantitative estimate of drug-likeness (QED) is 0.486. The van der Waals surface area contributed by atoms with E-state index in [-0.39, 0.29) is 5.82 Å². The number of hydrazine groups is 1. The summed E-state index contributed by atoms with van der Waals surface area (Å²) in [5, 5.41) is 12.8. The van der Waals surface area contributed by atoms with Gasteiger partial charge >= 0.3 is 0 Å². The van der Waals surface area contributed by atoms with E-state index in [0.29, 0.717) is 40.2 Å². The van der Waals surface area contributed by atoms with Crippen molar-refractivity contribution in [3.63, 3.8) is 0 Å². The third kappa shape index (κ3) is 3.95. The number of halogens is 2. The number of fused-ring (bicyclic) bond motifs is 1. The molecule has 3 heterocycles. The number of nitrogens with zero attached hydrogens (tertiary/aromatic N) is 4. The Bertz CT molecular complexity index is 1250. The molecule has 2 aromatic carbocycles. The molecule has 3 aromatic rings. The molecule has 0 saturated carbocycles. The minimum Gasteiger partial charge on any atom is -0.323 e. The molecule has 1 unspecified atom stereocenters. The van der Waals surface area contributed by atoms with Gasteiger partial charge in [-0.3, -0.25) is 16.3 Å². The van der Waals surface area contributed by atoms with Crippen molar-refractivity contribution in [1.82, 2.24) is 15.6 Å². The van der Waals surface area contributed by atoms with Crippen molar-refractivity contribution in [2.75, 3.05) is 10.3 Å². The predicted molar refractivity (Wildman–Crippen MR) is 124 cm³/mol. The number of nitrogens with two attached hydrogens (primary N) is 1. The van der Waals surface area contributed by atoms with E-state index in [1.165, 1.54) is 12.1 Å². The number of benzene rings is 2. The molecule has 1 aromatic heterocycles. The maximum Gasteiger partial charge on any atom is 0.210 e. The number of nitrogens with one attached hydrogen (secondary N) is 3. The summed E-state index contributed by atoms with van der Waals surface area (Å²) in [4.78, 5) is 9.51. The van der Waals surface area contributed by atoms with E-state index in [0.717, 1.165) is 11.3 Å². The van der Waals surface area contributed by atoms with Crippen LogP contribution in [0.4, 0.5) is 15.9 Å². The molecule has 0 aliphatic carbocycles. The van der Waals surface area contributed by atoms with Crippen LogP contribution >= 0.6 is 11.6 Å². The number of rotatable bonds is 4. The van der Waals surface area contributed by atoms with Gasteiger partial charge in [-0.25, -0.2) is 19.4 Å². The summed E-state index contributed by atoms with van der Waals surface area (Å²) in [6.45, 7) is 1.91. The van der Waals surface area contributed by atoms with Gasteiger partial charge in [-0.05, 0) is 48.9 Å². The summed E-state index contributed by atoms with van der Waals surface area (Å²) in [5.41, 5.74) is 13.1. The maximum atomic E-state index is 13.5. The molecule has 2 aliphatic rings. The van der Waals surface area contributed by atoms with Crippen molar-refractivity contribution >= 4 is 34.8 Å². The fraction of sp³-hybridized carbons (Fsp3) is 0.136. The Kier molecular flexibility index (Phi) is 4.91. The molecule has 0 radical (unpaired) electrons. The zero-order valence-corrected chi connectivity index (χ0v) is 17.9. The van der Waals surface area contributed by atoms with Crippen molar-refractivity contribution in [3.8, 4) is 0 Å². The first-order valence-electron chi connectivity index (χ1n) is 9.93. The topological polar surface area (TPSA) is 107 Å². The number of hydrogen-bond donors (Lipinski definition) is 4. The lowest BCUT2D eigenvalue weighted by molar-refractivity contribution is 0.463. The highest BCUT2D eigenvalue weighted by Gasteiger charge is 2.38. The summed E-state index contributed by atoms with van der Waals surface area (Å²) in [6, 6.07) is 15.4. The Morgan fingerprint density at radius 3 is 2.56 bits per heavy atom. The van der Waals surface area contributed by atoms with Crippen LogP contribution in [0.25, 0.3) is 0 Å². The number of aliphatic imine (C=N–C) groups is 2. The van der Waals surface area contributed by atoms with Crippen LogP contribution in [0.2, 0.25) is 5.02 Å². The molecule has 0 fully saturated rings. The summed E-state index contributed by atoms with van der Waals surface area (Å²) in [5.74, 6) is 0.101. The lowest BCUT2D eigenvalue weighted by Gasteiger charge is -2.30. The Morgan fingerprint density at radius 1 is 1.12 bits per heavy atom. The Balaban J connectivity index is 1.53. The van der Waals surface area contributed by atoms with Crippen LogP contribution in [0.5, 0.6) is 0 Å². The van der Waals surface area contributed by atoms with E-state index in [9.17, 15) is 4.39 Å². The zero-order valence-electron chi connectivity index (χ0n) is 17.1. The number of H-pyrrole nitrogens is 1. The number of amidine groups is 2. The standard InChI is InChI=1S/C22H20ClFN8/c1-13-10-19(31-30-13)27-20-18-12-26-32(17-8-6-16(24)7-9-17)21(18)29-22(25,28-20)11-14-2-4-15(23)5-3-14/h2-10,12,26H,11,25H2,1H3,(H2,27,28,30,31). The first-order chi connectivity index (χ1) is 15.4. The van der Waals surface area contributed by atoms with Crippen LogP contribution in [0.1, 0.15) is 11.3 Å². The van der Waals surface area contributed by atoms with Crippen molar-refractivity contribution in [1.29, 1.82) is 0 Å². The van der Waals surface area contributed by atoms with Crippen LogP contribution < -0.4 is 21.5 Å². The number of aryl methyl sites for hydroxylation is 1. The molecular formula is C22H20ClFN8. The number of aromatic amines is 1. The summed E-state index contributed by atoms with van der Waals surface area (Å²) in [7, 11) is 0. The number of aromatic nitrogens is 2. The van der Waals surface area contributed by atoms with Crippen LogP contribution in [0.3, 0.4) is 0 Å². The minimum atomic E-state index is -1.28. The monoisotopic (exact) mass is 450 g/mol. The number of hydrogen-bond acceptors (Lipinski definition) is 7. The molecule has 0 bridgehead atoms. The summed E-state index contributed by atoms with van der Waals surface area (Å²) < 4.78 is 13.5. The second kappa shape index (κ2) is 7.77. The normalized spacial score (nSPS) is 19.6. The van der Waals surface area contributed by atoms with Crippen LogP contribution in [0.15, 0.2) is 76.4 Å². The molecule has 0 spiro atoms. The van der Waals surface area contributed by atoms with Crippen molar-refractivity contribution < 1.29 is 4.39 Å². The van der Waals surface area contributed by atoms with E-state index < -0.39 is 5.79 Å². The van der Waals surface area contributed by atoms with Gasteiger partial charge in [0.1, 0.15) is 11.7 Å². The smallest absolute Gasteiger partial charge is 0.210 e. The molecule has 5 N–H and O–H groups in total. The van der Waals surface area contributed by atoms with Crippen molar-refractivity contribution in [2.24, 2.45) is 15.7 Å². The van der Waals surface area contributed by atoms with Crippen LogP contribution in [-0.2, 0) is 6.42 Å². The van der Waals surface area contributed by atoms with E-state index in [4.69, 9.17) is 27.3 Å². The van der Waals surface area contributed by atoms with Gasteiger partial charge in [-0.1, -0.05) is 23.7 Å². The molecule has 1 atom stereocenters. The minimum absolute atomic E-state index is 0.319. The third-order valence-corrected chi connectivity index (χ3v) is 5.32. The number of anilines is 2. The molecular weight excluding hydrogens is 431 g/mol. The molecule has 8 nitrogen and oxygen atoms in total. The Morgan fingerprint density at radius 2 is 1.88 bits per heavy atom. The Hall–Kier alpha value is -3.69. The fourth-order valence-electron chi connectivity index (χ4n) is 3.59. The van der Waals surface area contributed by atoms with Crippen molar-refractivity contribution in [3.05, 3.63) is 88.5 Å². The third-order valence-electron chi connectivity index (χ3n) is 5.07. The van der Waals surface area contributed by atoms with Crippen LogP contribution in [-0.4, -0.2) is 27.7 Å². The lowest BCUT2D eigenvalue weighted by Crippen LogP contribution is -2.48. The maximum absolute atomic E-state index is 13.5. The second-order valence-corrected chi connectivity index (χ2v) is 8.07. The van der Waals surface area contributed by atoms with Gasteiger partial charge in [0.25, 0.3) is 0 Å². The summed E-state index contributed by atoms with van der Waals surface area (Å²) >= 11 is 6.02. The lowest BCUT2D eigenvalue weighted by atomic mass is 10.1. The van der Waals surface area contributed by atoms with Gasteiger partial charge in [-0.15, -0.1) is 0 Å². The van der Waals surface area contributed by atoms with E-state index in [1.807, 2.05) is 25.1 Å². The van der Waals surface area contributed by atoms with Gasteiger partial charge in [0.2, 0.25) is 5.79 Å². The van der Waals surface area contributed by atoms with E-state index in [1.54, 1.807) is 35.5 Å². The molecule has 32 heavy (non-hydrogen) atoms. The predicted octanol–water partition coefficient (Wildman–Crippen LogP) is 3.50.